The predicted molar refractivity (Wildman–Crippen MR) is 155 cm³/mol. The third kappa shape index (κ3) is 6.12. The summed E-state index contributed by atoms with van der Waals surface area (Å²) in [5.74, 6) is 0.473. The third-order valence-corrected chi connectivity index (χ3v) is 7.52. The monoisotopic (exact) mass is 550 g/mol. The molecule has 8 heteroatoms. The molecule has 0 saturated carbocycles. The molecule has 0 unspecified atom stereocenters. The van der Waals surface area contributed by atoms with Gasteiger partial charge in [-0.15, -0.1) is 0 Å². The summed E-state index contributed by atoms with van der Waals surface area (Å²) in [7, 11) is 0. The van der Waals surface area contributed by atoms with Crippen LogP contribution in [0, 0.1) is 0 Å². The van der Waals surface area contributed by atoms with Crippen molar-refractivity contribution < 1.29 is 28.9 Å². The van der Waals surface area contributed by atoms with E-state index in [2.05, 4.69) is 18.7 Å². The Bertz CT molecular complexity index is 1250. The molecule has 2 aliphatic rings. The average molecular weight is 551 g/mol. The number of hydrogen-bond donors (Lipinski definition) is 1. The van der Waals surface area contributed by atoms with Gasteiger partial charge >= 0.3 is 0 Å². The Morgan fingerprint density at radius 2 is 1.82 bits per heavy atom. The number of aliphatic hydroxyl groups is 1. The van der Waals surface area contributed by atoms with Crippen LogP contribution in [0.1, 0.15) is 70.2 Å². The molecular formula is C32H42N2O6. The highest BCUT2D eigenvalue weighted by Crippen LogP contribution is 2.43. The quantitative estimate of drug-likeness (QED) is 0.204. The van der Waals surface area contributed by atoms with Gasteiger partial charge in [-0.2, -0.15) is 0 Å². The zero-order valence-corrected chi connectivity index (χ0v) is 24.4. The zero-order chi connectivity index (χ0) is 28.8. The lowest BCUT2D eigenvalue weighted by Crippen LogP contribution is -2.33. The highest BCUT2D eigenvalue weighted by atomic mass is 16.5. The maximum Gasteiger partial charge on any atom is 0.295 e. The fraction of sp³-hybridized carbons (Fsp3) is 0.500. The van der Waals surface area contributed by atoms with Gasteiger partial charge in [0.1, 0.15) is 17.6 Å². The van der Waals surface area contributed by atoms with Crippen molar-refractivity contribution in [2.24, 2.45) is 0 Å². The summed E-state index contributed by atoms with van der Waals surface area (Å²) in [5, 5.41) is 11.6. The lowest BCUT2D eigenvalue weighted by atomic mass is 9.94. The van der Waals surface area contributed by atoms with Crippen LogP contribution in [0.4, 0.5) is 0 Å². The van der Waals surface area contributed by atoms with E-state index in [1.165, 1.54) is 0 Å². The largest absolute Gasteiger partial charge is 0.507 e. The van der Waals surface area contributed by atoms with E-state index in [1.807, 2.05) is 51.1 Å². The fourth-order valence-electron chi connectivity index (χ4n) is 5.48. The smallest absolute Gasteiger partial charge is 0.295 e. The predicted octanol–water partition coefficient (Wildman–Crippen LogP) is 5.35. The second-order valence-electron chi connectivity index (χ2n) is 10.3. The molecule has 1 N–H and O–H groups in total. The second kappa shape index (κ2) is 13.2. The Morgan fingerprint density at radius 1 is 1.05 bits per heavy atom. The summed E-state index contributed by atoms with van der Waals surface area (Å²) < 4.78 is 17.6. The maximum absolute atomic E-state index is 13.5. The molecule has 0 bridgehead atoms. The van der Waals surface area contributed by atoms with Crippen LogP contribution in [0.5, 0.6) is 17.2 Å². The number of amides is 1. The van der Waals surface area contributed by atoms with Crippen molar-refractivity contribution in [3.63, 3.8) is 0 Å². The Hall–Kier alpha value is -3.52. The average Bonchev–Trinajstić information content (AvgIpc) is 3.45. The minimum absolute atomic E-state index is 0.0502. The van der Waals surface area contributed by atoms with Gasteiger partial charge in [-0.05, 0) is 87.8 Å². The van der Waals surface area contributed by atoms with Gasteiger partial charge in [-0.3, -0.25) is 9.59 Å². The van der Waals surface area contributed by atoms with Crippen molar-refractivity contribution in [3.05, 3.63) is 58.7 Å². The van der Waals surface area contributed by atoms with E-state index in [4.69, 9.17) is 14.2 Å². The van der Waals surface area contributed by atoms with E-state index in [0.717, 1.165) is 43.8 Å². The van der Waals surface area contributed by atoms with E-state index in [-0.39, 0.29) is 17.4 Å². The van der Waals surface area contributed by atoms with Crippen molar-refractivity contribution in [2.75, 3.05) is 39.4 Å². The Labute approximate surface area is 237 Å². The first kappa shape index (κ1) is 29.5. The van der Waals surface area contributed by atoms with Crippen LogP contribution in [0.15, 0.2) is 42.0 Å². The number of hydrogen-bond acceptors (Lipinski definition) is 7. The molecular weight excluding hydrogens is 508 g/mol. The molecule has 4 rings (SSSR count). The number of ether oxygens (including phenoxy) is 3. The molecule has 2 aromatic rings. The maximum atomic E-state index is 13.5. The molecule has 0 aliphatic carbocycles. The number of nitrogens with zero attached hydrogens (tertiary/aromatic N) is 2. The summed E-state index contributed by atoms with van der Waals surface area (Å²) in [5.41, 5.74) is 2.24. The van der Waals surface area contributed by atoms with Gasteiger partial charge in [0.05, 0.1) is 24.8 Å². The lowest BCUT2D eigenvalue weighted by Gasteiger charge is -2.27. The summed E-state index contributed by atoms with van der Waals surface area (Å²) in [6.45, 7) is 14.1. The first-order chi connectivity index (χ1) is 19.3. The van der Waals surface area contributed by atoms with Gasteiger partial charge in [0.15, 0.2) is 11.5 Å². The number of fused-ring (bicyclic) bond motifs is 1. The normalized spacial score (nSPS) is 19.7. The topological polar surface area (TPSA) is 88.5 Å². The van der Waals surface area contributed by atoms with E-state index in [1.54, 1.807) is 11.0 Å². The zero-order valence-electron chi connectivity index (χ0n) is 24.4. The van der Waals surface area contributed by atoms with E-state index < -0.39 is 17.7 Å². The molecule has 1 amide bonds. The summed E-state index contributed by atoms with van der Waals surface area (Å²) in [6, 6.07) is 10.2. The molecule has 1 saturated heterocycles. The molecule has 8 nitrogen and oxygen atoms in total. The molecule has 1 fully saturated rings. The van der Waals surface area contributed by atoms with E-state index in [9.17, 15) is 14.7 Å². The fourth-order valence-corrected chi connectivity index (χ4v) is 5.48. The SMILES string of the molecule is CCCOc1ccc([C@@H]2C(=C(O)c3ccc4c(c3)C[C@@H](C)O4)C(=O)C(=O)N2CCCN(CC)CC)cc1OCC. The highest BCUT2D eigenvalue weighted by Gasteiger charge is 2.46. The molecule has 0 aromatic heterocycles. The first-order valence-electron chi connectivity index (χ1n) is 14.5. The summed E-state index contributed by atoms with van der Waals surface area (Å²) in [4.78, 5) is 30.8. The number of likely N-dealkylation sites (tertiary alicyclic amines) is 1. The van der Waals surface area contributed by atoms with E-state index >= 15 is 0 Å². The molecule has 40 heavy (non-hydrogen) atoms. The van der Waals surface area contributed by atoms with Crippen LogP contribution in [-0.2, 0) is 16.0 Å². The van der Waals surface area contributed by atoms with Gasteiger partial charge in [-0.25, -0.2) is 0 Å². The van der Waals surface area contributed by atoms with Gasteiger partial charge in [-0.1, -0.05) is 26.8 Å². The number of carbonyl (C=O) groups is 2. The number of rotatable bonds is 13. The van der Waals surface area contributed by atoms with Crippen LogP contribution in [0.25, 0.3) is 5.76 Å². The van der Waals surface area contributed by atoms with Crippen LogP contribution in [-0.4, -0.2) is 72.1 Å². The van der Waals surface area contributed by atoms with Crippen molar-refractivity contribution in [2.45, 2.75) is 66.0 Å². The highest BCUT2D eigenvalue weighted by molar-refractivity contribution is 6.46. The number of aliphatic hydroxyl groups excluding tert-OH is 1. The molecule has 216 valence electrons. The number of ketones is 1. The minimum atomic E-state index is -0.750. The van der Waals surface area contributed by atoms with Crippen LogP contribution < -0.4 is 14.2 Å². The summed E-state index contributed by atoms with van der Waals surface area (Å²) in [6.07, 6.45) is 2.32. The van der Waals surface area contributed by atoms with Crippen molar-refractivity contribution in [1.29, 1.82) is 0 Å². The van der Waals surface area contributed by atoms with Crippen LogP contribution >= 0.6 is 0 Å². The number of Topliss-reactive ketones (excluding diaryl/α,β-unsaturated/α-hetero) is 1. The van der Waals surface area contributed by atoms with Gasteiger partial charge in [0, 0.05) is 18.5 Å². The van der Waals surface area contributed by atoms with Gasteiger partial charge in [0.25, 0.3) is 11.7 Å². The number of benzene rings is 2. The Kier molecular flexibility index (Phi) is 9.74. The van der Waals surface area contributed by atoms with Crippen LogP contribution in [0.3, 0.4) is 0 Å². The Morgan fingerprint density at radius 3 is 2.52 bits per heavy atom. The van der Waals surface area contributed by atoms with Crippen LogP contribution in [0.2, 0.25) is 0 Å². The summed E-state index contributed by atoms with van der Waals surface area (Å²) >= 11 is 0. The molecule has 2 atom stereocenters. The molecule has 0 spiro atoms. The third-order valence-electron chi connectivity index (χ3n) is 7.52. The standard InChI is InChI=1S/C32H42N2O6/c1-6-17-39-26-14-11-22(20-27(26)38-9-4)29-28(30(35)23-12-13-25-24(19-23)18-21(5)40-25)31(36)32(37)34(29)16-10-15-33(7-2)8-3/h11-14,19-21,29,35H,6-10,15-18H2,1-5H3/t21-,29-/m1/s1. The van der Waals surface area contributed by atoms with Crippen molar-refractivity contribution in [1.82, 2.24) is 9.80 Å². The molecule has 0 radical (unpaired) electrons. The number of carbonyl (C=O) groups excluding carboxylic acids is 2. The lowest BCUT2D eigenvalue weighted by molar-refractivity contribution is -0.140. The van der Waals surface area contributed by atoms with Gasteiger partial charge in [0.2, 0.25) is 0 Å². The van der Waals surface area contributed by atoms with Crippen molar-refractivity contribution >= 4 is 17.4 Å². The first-order valence-corrected chi connectivity index (χ1v) is 14.5. The second-order valence-corrected chi connectivity index (χ2v) is 10.3. The molecule has 2 heterocycles. The van der Waals surface area contributed by atoms with Gasteiger partial charge < -0.3 is 29.1 Å². The van der Waals surface area contributed by atoms with Crippen molar-refractivity contribution in [3.8, 4) is 17.2 Å². The van der Waals surface area contributed by atoms with E-state index in [0.29, 0.717) is 48.8 Å². The molecule has 2 aromatic carbocycles. The molecule has 2 aliphatic heterocycles. The minimum Gasteiger partial charge on any atom is -0.507 e. The Balaban J connectivity index is 1.78.